The van der Waals surface area contributed by atoms with Crippen molar-refractivity contribution in [3.63, 3.8) is 0 Å². The molecule has 4 amide bonds. The van der Waals surface area contributed by atoms with Crippen molar-refractivity contribution in [2.45, 2.75) is 44.3 Å². The van der Waals surface area contributed by atoms with Gasteiger partial charge in [0, 0.05) is 37.8 Å². The van der Waals surface area contributed by atoms with Crippen LogP contribution in [0.15, 0.2) is 77.8 Å². The number of nitrogen functional groups attached to an aromatic ring is 1. The van der Waals surface area contributed by atoms with E-state index in [1.54, 1.807) is 48.5 Å². The first-order valence-corrected chi connectivity index (χ1v) is 16.1. The molecule has 0 saturated carbocycles. The number of anilines is 2. The van der Waals surface area contributed by atoms with E-state index in [-0.39, 0.29) is 61.8 Å². The number of aliphatic imine (C=N–C) groups is 1. The molecular formula is C33H41N11O8. The zero-order valence-corrected chi connectivity index (χ0v) is 28.2. The quantitative estimate of drug-likeness (QED) is 0.0212. The Morgan fingerprint density at radius 1 is 0.808 bits per heavy atom. The Balaban J connectivity index is 1.68. The van der Waals surface area contributed by atoms with Gasteiger partial charge in [0.25, 0.3) is 17.3 Å². The van der Waals surface area contributed by atoms with Crippen molar-refractivity contribution >= 4 is 52.3 Å². The summed E-state index contributed by atoms with van der Waals surface area (Å²) in [6.07, 6.45) is 0.426. The van der Waals surface area contributed by atoms with E-state index in [1.807, 2.05) is 0 Å². The van der Waals surface area contributed by atoms with Gasteiger partial charge in [-0.15, -0.1) is 0 Å². The molecular weight excluding hydrogens is 678 g/mol. The number of guanidine groups is 1. The van der Waals surface area contributed by atoms with Crippen LogP contribution in [0.3, 0.4) is 0 Å². The molecule has 19 nitrogen and oxygen atoms in total. The number of carbonyl (C=O) groups is 4. The molecule has 0 fully saturated rings. The summed E-state index contributed by atoms with van der Waals surface area (Å²) in [6.45, 7) is 1.55. The zero-order chi connectivity index (χ0) is 38.2. The summed E-state index contributed by atoms with van der Waals surface area (Å²) in [5.41, 5.74) is 17.0. The van der Waals surface area contributed by atoms with Crippen LogP contribution in [0.25, 0.3) is 0 Å². The second-order valence-corrected chi connectivity index (χ2v) is 11.5. The molecule has 3 aromatic carbocycles. The molecule has 0 saturated heterocycles. The lowest BCUT2D eigenvalue weighted by Crippen LogP contribution is -2.56. The van der Waals surface area contributed by atoms with E-state index in [1.165, 1.54) is 19.1 Å². The van der Waals surface area contributed by atoms with Crippen molar-refractivity contribution in [3.05, 3.63) is 104 Å². The summed E-state index contributed by atoms with van der Waals surface area (Å²) in [5.74, 6) is -2.71. The third-order valence-electron chi connectivity index (χ3n) is 7.57. The van der Waals surface area contributed by atoms with Crippen molar-refractivity contribution in [1.82, 2.24) is 21.3 Å². The second-order valence-electron chi connectivity index (χ2n) is 11.5. The molecule has 3 aromatic rings. The zero-order valence-electron chi connectivity index (χ0n) is 28.2. The molecule has 52 heavy (non-hydrogen) atoms. The van der Waals surface area contributed by atoms with Gasteiger partial charge in [-0.25, -0.2) is 0 Å². The molecule has 0 radical (unpaired) electrons. The smallest absolute Gasteiger partial charge is 0.299 e. The standard InChI is InChI=1S/C33H41N11O8/c1-20(29(45)38-17-16-37-25-14-13-22(43(49)50)19-28(25)44(51)52)40-31(47)26(12-7-15-39-33(35)36)41-32(48)27(18-21-8-3-2-4-9-21)42-30(46)23-10-5-6-11-24(23)34/h2-6,8-11,13-14,19-20,26-27,37H,7,12,15-18,34H2,1H3,(H,38,45)(H,40,47)(H,41,48)(H,42,46)(H4,35,36,39)/t20-,26-,27-/m0/s1. The van der Waals surface area contributed by atoms with E-state index in [0.29, 0.717) is 0 Å². The first kappa shape index (κ1) is 39.6. The third kappa shape index (κ3) is 12.3. The predicted molar refractivity (Wildman–Crippen MR) is 193 cm³/mol. The lowest BCUT2D eigenvalue weighted by atomic mass is 10.0. The van der Waals surface area contributed by atoms with Gasteiger partial charge in [-0.3, -0.25) is 44.4 Å². The molecule has 0 aliphatic rings. The highest BCUT2D eigenvalue weighted by Gasteiger charge is 2.29. The Kier molecular flexibility index (Phi) is 14.8. The number of nitrogens with zero attached hydrogens (tertiary/aromatic N) is 3. The van der Waals surface area contributed by atoms with Crippen molar-refractivity contribution < 1.29 is 29.0 Å². The van der Waals surface area contributed by atoms with E-state index in [4.69, 9.17) is 17.2 Å². The first-order chi connectivity index (χ1) is 24.8. The molecule has 11 N–H and O–H groups in total. The number of nitrogens with one attached hydrogen (secondary N) is 5. The van der Waals surface area contributed by atoms with Gasteiger partial charge in [-0.05, 0) is 43.5 Å². The Morgan fingerprint density at radius 2 is 1.48 bits per heavy atom. The van der Waals surface area contributed by atoms with Crippen molar-refractivity contribution in [2.75, 3.05) is 30.7 Å². The van der Waals surface area contributed by atoms with Gasteiger partial charge in [-0.1, -0.05) is 42.5 Å². The van der Waals surface area contributed by atoms with Crippen LogP contribution < -0.4 is 43.8 Å². The Morgan fingerprint density at radius 3 is 2.13 bits per heavy atom. The average Bonchev–Trinajstić information content (AvgIpc) is 3.11. The number of nitrogens with two attached hydrogens (primary N) is 3. The number of hydrogen-bond donors (Lipinski definition) is 8. The van der Waals surface area contributed by atoms with Crippen molar-refractivity contribution in [1.29, 1.82) is 0 Å². The van der Waals surface area contributed by atoms with Gasteiger partial charge in [0.05, 0.1) is 21.5 Å². The molecule has 19 heteroatoms. The van der Waals surface area contributed by atoms with E-state index < -0.39 is 63.0 Å². The summed E-state index contributed by atoms with van der Waals surface area (Å²) in [7, 11) is 0. The number of para-hydroxylation sites is 1. The Bertz CT molecular complexity index is 1780. The van der Waals surface area contributed by atoms with Crippen LogP contribution in [0, 0.1) is 20.2 Å². The summed E-state index contributed by atoms with van der Waals surface area (Å²) < 4.78 is 0. The second kappa shape index (κ2) is 19.4. The molecule has 0 aromatic heterocycles. The van der Waals surface area contributed by atoms with E-state index in [9.17, 15) is 39.4 Å². The summed E-state index contributed by atoms with van der Waals surface area (Å²) in [5, 5.41) is 35.6. The molecule has 0 heterocycles. The minimum Gasteiger partial charge on any atom is -0.398 e. The van der Waals surface area contributed by atoms with E-state index in [2.05, 4.69) is 31.6 Å². The minimum atomic E-state index is -1.17. The lowest BCUT2D eigenvalue weighted by Gasteiger charge is -2.24. The van der Waals surface area contributed by atoms with E-state index >= 15 is 0 Å². The number of rotatable bonds is 19. The van der Waals surface area contributed by atoms with Crippen LogP contribution in [0.5, 0.6) is 0 Å². The van der Waals surface area contributed by atoms with Gasteiger partial charge in [0.1, 0.15) is 23.8 Å². The molecule has 3 rings (SSSR count). The number of amides is 4. The minimum absolute atomic E-state index is 0.0116. The Labute approximate surface area is 298 Å². The normalized spacial score (nSPS) is 12.2. The Hall–Kier alpha value is -6.79. The number of non-ortho nitro benzene ring substituents is 1. The molecule has 0 spiro atoms. The summed E-state index contributed by atoms with van der Waals surface area (Å²) >= 11 is 0. The number of nitro groups is 2. The van der Waals surface area contributed by atoms with Gasteiger partial charge in [-0.2, -0.15) is 0 Å². The van der Waals surface area contributed by atoms with Crippen LogP contribution in [-0.2, 0) is 20.8 Å². The van der Waals surface area contributed by atoms with Crippen LogP contribution in [-0.4, -0.2) is 77.2 Å². The van der Waals surface area contributed by atoms with Gasteiger partial charge in [0.15, 0.2) is 5.96 Å². The molecule has 0 bridgehead atoms. The highest BCUT2D eigenvalue weighted by atomic mass is 16.6. The molecule has 276 valence electrons. The highest BCUT2D eigenvalue weighted by Crippen LogP contribution is 2.28. The number of benzene rings is 3. The maximum absolute atomic E-state index is 13.7. The highest BCUT2D eigenvalue weighted by molar-refractivity contribution is 6.02. The molecule has 0 aliphatic carbocycles. The summed E-state index contributed by atoms with van der Waals surface area (Å²) in [4.78, 5) is 77.9. The third-order valence-corrected chi connectivity index (χ3v) is 7.57. The molecule has 0 unspecified atom stereocenters. The fourth-order valence-electron chi connectivity index (χ4n) is 4.89. The van der Waals surface area contributed by atoms with Crippen LogP contribution in [0.2, 0.25) is 0 Å². The van der Waals surface area contributed by atoms with Crippen molar-refractivity contribution in [2.24, 2.45) is 16.5 Å². The fraction of sp³-hybridized carbons (Fsp3) is 0.303. The van der Waals surface area contributed by atoms with E-state index in [0.717, 1.165) is 17.7 Å². The molecule has 3 atom stereocenters. The number of nitro benzene ring substituents is 2. The van der Waals surface area contributed by atoms with Crippen LogP contribution in [0.1, 0.15) is 35.7 Å². The largest absolute Gasteiger partial charge is 0.398 e. The maximum Gasteiger partial charge on any atom is 0.299 e. The molecule has 0 aliphatic heterocycles. The predicted octanol–water partition coefficient (Wildman–Crippen LogP) is 0.698. The van der Waals surface area contributed by atoms with Crippen LogP contribution in [0.4, 0.5) is 22.7 Å². The lowest BCUT2D eigenvalue weighted by molar-refractivity contribution is -0.393. The topological polar surface area (TPSA) is 305 Å². The first-order valence-electron chi connectivity index (χ1n) is 16.1. The van der Waals surface area contributed by atoms with Crippen molar-refractivity contribution in [3.8, 4) is 0 Å². The monoisotopic (exact) mass is 719 g/mol. The summed E-state index contributed by atoms with van der Waals surface area (Å²) in [6, 6.07) is 15.0. The maximum atomic E-state index is 13.7. The number of hydrogen-bond acceptors (Lipinski definition) is 11. The average molecular weight is 720 g/mol. The fourth-order valence-corrected chi connectivity index (χ4v) is 4.89. The number of carbonyl (C=O) groups excluding carboxylic acids is 4. The van der Waals surface area contributed by atoms with Gasteiger partial charge in [0.2, 0.25) is 17.7 Å². The van der Waals surface area contributed by atoms with Gasteiger partial charge < -0.3 is 43.8 Å². The van der Waals surface area contributed by atoms with Crippen LogP contribution >= 0.6 is 0 Å². The van der Waals surface area contributed by atoms with Gasteiger partial charge >= 0.3 is 0 Å². The SMILES string of the molecule is C[C@H](NC(=O)[C@H](CCCN=C(N)N)NC(=O)[C@H](Cc1ccccc1)NC(=O)c1ccccc1N)C(=O)NCCNc1ccc([N+](=O)[O-])cc1[N+](=O)[O-].